The monoisotopic (exact) mass is 199 g/mol. The van der Waals surface area contributed by atoms with Crippen LogP contribution in [0.5, 0.6) is 0 Å². The molecule has 4 nitrogen and oxygen atoms in total. The molecule has 1 aliphatic rings. The molecular formula is C10H21N3O. The summed E-state index contributed by atoms with van der Waals surface area (Å²) in [6.07, 6.45) is 0.847. The van der Waals surface area contributed by atoms with Gasteiger partial charge in [-0.25, -0.2) is 4.79 Å². The summed E-state index contributed by atoms with van der Waals surface area (Å²) in [6, 6.07) is 0.426. The SMILES string of the molecule is CC1CN(C(C)(C)CCN)C(=O)N1C. The van der Waals surface area contributed by atoms with Crippen molar-refractivity contribution >= 4 is 6.03 Å². The highest BCUT2D eigenvalue weighted by Crippen LogP contribution is 2.25. The smallest absolute Gasteiger partial charge is 0.320 e. The van der Waals surface area contributed by atoms with Crippen LogP contribution in [0.4, 0.5) is 4.79 Å². The minimum absolute atomic E-state index is 0.120. The summed E-state index contributed by atoms with van der Waals surface area (Å²) in [5.74, 6) is 0. The average Bonchev–Trinajstić information content (AvgIpc) is 2.33. The van der Waals surface area contributed by atoms with E-state index < -0.39 is 0 Å². The van der Waals surface area contributed by atoms with E-state index in [9.17, 15) is 4.79 Å². The second-order valence-electron chi connectivity index (χ2n) is 4.70. The van der Waals surface area contributed by atoms with Crippen LogP contribution in [-0.4, -0.2) is 47.5 Å². The molecule has 0 spiro atoms. The van der Waals surface area contributed by atoms with Crippen molar-refractivity contribution in [3.8, 4) is 0 Å². The third-order valence-corrected chi connectivity index (χ3v) is 3.13. The molecule has 1 atom stereocenters. The minimum Gasteiger partial charge on any atom is -0.330 e. The fraction of sp³-hybridized carbons (Fsp3) is 0.900. The molecule has 0 aromatic rings. The normalized spacial score (nSPS) is 23.5. The van der Waals surface area contributed by atoms with E-state index in [2.05, 4.69) is 20.8 Å². The van der Waals surface area contributed by atoms with Gasteiger partial charge in [0.1, 0.15) is 0 Å². The maximum absolute atomic E-state index is 11.8. The quantitative estimate of drug-likeness (QED) is 0.733. The van der Waals surface area contributed by atoms with Crippen molar-refractivity contribution in [3.63, 3.8) is 0 Å². The van der Waals surface area contributed by atoms with Crippen LogP contribution >= 0.6 is 0 Å². The first-order valence-electron chi connectivity index (χ1n) is 5.14. The molecule has 4 heteroatoms. The molecule has 2 amide bonds. The summed E-state index contributed by atoms with van der Waals surface area (Å²) in [6.45, 7) is 7.64. The highest BCUT2D eigenvalue weighted by Gasteiger charge is 2.39. The number of carbonyl (C=O) groups is 1. The summed E-state index contributed by atoms with van der Waals surface area (Å²) in [5.41, 5.74) is 5.43. The van der Waals surface area contributed by atoms with Gasteiger partial charge < -0.3 is 15.5 Å². The van der Waals surface area contributed by atoms with Gasteiger partial charge in [0.25, 0.3) is 0 Å². The van der Waals surface area contributed by atoms with E-state index in [0.717, 1.165) is 13.0 Å². The number of carbonyl (C=O) groups excluding carboxylic acids is 1. The molecule has 0 aliphatic carbocycles. The Balaban J connectivity index is 2.75. The first-order chi connectivity index (χ1) is 6.40. The minimum atomic E-state index is -0.120. The number of hydrogen-bond donors (Lipinski definition) is 1. The first kappa shape index (κ1) is 11.3. The third-order valence-electron chi connectivity index (χ3n) is 3.13. The summed E-state index contributed by atoms with van der Waals surface area (Å²) >= 11 is 0. The van der Waals surface area contributed by atoms with Crippen LogP contribution in [0.1, 0.15) is 27.2 Å². The zero-order valence-corrected chi connectivity index (χ0v) is 9.58. The lowest BCUT2D eigenvalue weighted by molar-refractivity contribution is 0.145. The molecule has 1 aliphatic heterocycles. The maximum atomic E-state index is 11.8. The lowest BCUT2D eigenvalue weighted by Crippen LogP contribution is -2.47. The van der Waals surface area contributed by atoms with Gasteiger partial charge in [-0.15, -0.1) is 0 Å². The lowest BCUT2D eigenvalue weighted by Gasteiger charge is -2.34. The number of likely N-dealkylation sites (N-methyl/N-ethyl adjacent to an activating group) is 1. The molecular weight excluding hydrogens is 178 g/mol. The molecule has 1 rings (SSSR count). The molecule has 0 bridgehead atoms. The zero-order valence-electron chi connectivity index (χ0n) is 9.58. The Morgan fingerprint density at radius 3 is 2.50 bits per heavy atom. The summed E-state index contributed by atoms with van der Waals surface area (Å²) in [5, 5.41) is 0. The first-order valence-corrected chi connectivity index (χ1v) is 5.14. The van der Waals surface area contributed by atoms with Gasteiger partial charge in [0, 0.05) is 25.2 Å². The van der Waals surface area contributed by atoms with Gasteiger partial charge >= 0.3 is 6.03 Å². The number of amides is 2. The van der Waals surface area contributed by atoms with Crippen molar-refractivity contribution in [2.24, 2.45) is 5.73 Å². The van der Waals surface area contributed by atoms with Crippen LogP contribution in [0.25, 0.3) is 0 Å². The second kappa shape index (κ2) is 3.77. The summed E-state index contributed by atoms with van der Waals surface area (Å²) in [7, 11) is 1.85. The Hall–Kier alpha value is -0.770. The van der Waals surface area contributed by atoms with E-state index in [1.807, 2.05) is 11.9 Å². The highest BCUT2D eigenvalue weighted by atomic mass is 16.2. The van der Waals surface area contributed by atoms with E-state index in [1.54, 1.807) is 4.90 Å². The Bertz CT molecular complexity index is 227. The van der Waals surface area contributed by atoms with Crippen LogP contribution in [-0.2, 0) is 0 Å². The molecule has 14 heavy (non-hydrogen) atoms. The van der Waals surface area contributed by atoms with Gasteiger partial charge in [-0.3, -0.25) is 0 Å². The molecule has 82 valence electrons. The molecule has 1 fully saturated rings. The standard InChI is InChI=1S/C10H21N3O/c1-8-7-13(9(14)12(8)4)10(2,3)5-6-11/h8H,5-7,11H2,1-4H3. The van der Waals surface area contributed by atoms with Crippen LogP contribution in [0, 0.1) is 0 Å². The molecule has 0 saturated carbocycles. The van der Waals surface area contributed by atoms with Gasteiger partial charge in [0.05, 0.1) is 0 Å². The van der Waals surface area contributed by atoms with Crippen molar-refractivity contribution in [2.75, 3.05) is 20.1 Å². The second-order valence-corrected chi connectivity index (χ2v) is 4.70. The zero-order chi connectivity index (χ0) is 10.9. The third kappa shape index (κ3) is 1.85. The van der Waals surface area contributed by atoms with Crippen molar-refractivity contribution in [1.82, 2.24) is 9.80 Å². The van der Waals surface area contributed by atoms with Crippen LogP contribution in [0.15, 0.2) is 0 Å². The number of nitrogens with two attached hydrogens (primary N) is 1. The van der Waals surface area contributed by atoms with Gasteiger partial charge in [-0.2, -0.15) is 0 Å². The number of urea groups is 1. The lowest BCUT2D eigenvalue weighted by atomic mass is 9.98. The maximum Gasteiger partial charge on any atom is 0.320 e. The van der Waals surface area contributed by atoms with E-state index in [-0.39, 0.29) is 11.6 Å². The van der Waals surface area contributed by atoms with Gasteiger partial charge in [0.15, 0.2) is 0 Å². The van der Waals surface area contributed by atoms with Crippen LogP contribution in [0.3, 0.4) is 0 Å². The number of nitrogens with zero attached hydrogens (tertiary/aromatic N) is 2. The number of rotatable bonds is 3. The Labute approximate surface area is 86.0 Å². The van der Waals surface area contributed by atoms with Crippen molar-refractivity contribution in [1.29, 1.82) is 0 Å². The fourth-order valence-electron chi connectivity index (χ4n) is 1.84. The molecule has 0 radical (unpaired) electrons. The van der Waals surface area contributed by atoms with Crippen LogP contribution < -0.4 is 5.73 Å². The topological polar surface area (TPSA) is 49.6 Å². The Kier molecular flexibility index (Phi) is 3.04. The summed E-state index contributed by atoms with van der Waals surface area (Å²) < 4.78 is 0. The molecule has 0 aromatic heterocycles. The Morgan fingerprint density at radius 2 is 2.14 bits per heavy atom. The molecule has 1 unspecified atom stereocenters. The predicted octanol–water partition coefficient (Wildman–Crippen LogP) is 0.870. The van der Waals surface area contributed by atoms with Crippen LogP contribution in [0.2, 0.25) is 0 Å². The van der Waals surface area contributed by atoms with E-state index >= 15 is 0 Å². The van der Waals surface area contributed by atoms with E-state index in [4.69, 9.17) is 5.73 Å². The van der Waals surface area contributed by atoms with Gasteiger partial charge in [0.2, 0.25) is 0 Å². The molecule has 1 heterocycles. The average molecular weight is 199 g/mol. The largest absolute Gasteiger partial charge is 0.330 e. The van der Waals surface area contributed by atoms with Crippen molar-refractivity contribution in [3.05, 3.63) is 0 Å². The Morgan fingerprint density at radius 1 is 1.57 bits per heavy atom. The van der Waals surface area contributed by atoms with E-state index in [1.165, 1.54) is 0 Å². The predicted molar refractivity (Wildman–Crippen MR) is 57.1 cm³/mol. The van der Waals surface area contributed by atoms with Gasteiger partial charge in [-0.1, -0.05) is 0 Å². The summed E-state index contributed by atoms with van der Waals surface area (Å²) in [4.78, 5) is 15.6. The highest BCUT2D eigenvalue weighted by molar-refractivity contribution is 5.77. The van der Waals surface area contributed by atoms with Crippen molar-refractivity contribution in [2.45, 2.75) is 38.8 Å². The van der Waals surface area contributed by atoms with E-state index in [0.29, 0.717) is 12.6 Å². The molecule has 2 N–H and O–H groups in total. The number of hydrogen-bond acceptors (Lipinski definition) is 2. The molecule has 0 aromatic carbocycles. The van der Waals surface area contributed by atoms with Gasteiger partial charge in [-0.05, 0) is 33.7 Å². The van der Waals surface area contributed by atoms with Crippen molar-refractivity contribution < 1.29 is 4.79 Å². The molecule has 1 saturated heterocycles. The fourth-order valence-corrected chi connectivity index (χ4v) is 1.84.